The molecular formula is C16H13NO3. The summed E-state index contributed by atoms with van der Waals surface area (Å²) in [6.45, 7) is 0. The average molecular weight is 267 g/mol. The highest BCUT2D eigenvalue weighted by atomic mass is 16.4. The molecule has 2 aromatic carbocycles. The van der Waals surface area contributed by atoms with Crippen LogP contribution in [-0.4, -0.2) is 21.9 Å². The SMILES string of the molecule is O=C(O)C1N=C(c2ccc(O)cc2)Cc2ccccc21. The number of hydrogen-bond donors (Lipinski definition) is 2. The lowest BCUT2D eigenvalue weighted by atomic mass is 9.91. The zero-order chi connectivity index (χ0) is 14.1. The van der Waals surface area contributed by atoms with Crippen LogP contribution >= 0.6 is 0 Å². The van der Waals surface area contributed by atoms with Crippen LogP contribution in [0.4, 0.5) is 0 Å². The molecule has 0 bridgehead atoms. The number of benzene rings is 2. The van der Waals surface area contributed by atoms with Crippen molar-refractivity contribution in [3.63, 3.8) is 0 Å². The number of aromatic hydroxyl groups is 1. The lowest BCUT2D eigenvalue weighted by Crippen LogP contribution is -2.21. The number of hydrogen-bond acceptors (Lipinski definition) is 3. The summed E-state index contributed by atoms with van der Waals surface area (Å²) in [6, 6.07) is 13.3. The highest BCUT2D eigenvalue weighted by Crippen LogP contribution is 2.29. The standard InChI is InChI=1S/C16H13NO3/c18-12-7-5-10(6-8-12)14-9-11-3-1-2-4-13(11)15(17-14)16(19)20/h1-8,15,18H,9H2,(H,19,20). The van der Waals surface area contributed by atoms with Gasteiger partial charge in [-0.15, -0.1) is 0 Å². The maximum Gasteiger partial charge on any atom is 0.333 e. The highest BCUT2D eigenvalue weighted by Gasteiger charge is 2.27. The van der Waals surface area contributed by atoms with Crippen molar-refractivity contribution in [3.05, 3.63) is 65.2 Å². The van der Waals surface area contributed by atoms with E-state index in [1.54, 1.807) is 24.3 Å². The molecule has 0 fully saturated rings. The Hall–Kier alpha value is -2.62. The van der Waals surface area contributed by atoms with Crippen LogP contribution in [0.25, 0.3) is 0 Å². The second-order valence-corrected chi connectivity index (χ2v) is 4.74. The predicted molar refractivity (Wildman–Crippen MR) is 75.2 cm³/mol. The van der Waals surface area contributed by atoms with Gasteiger partial charge in [0.05, 0.1) is 0 Å². The molecule has 1 aliphatic heterocycles. The van der Waals surface area contributed by atoms with E-state index in [0.717, 1.165) is 22.4 Å². The van der Waals surface area contributed by atoms with Gasteiger partial charge in [-0.2, -0.15) is 0 Å². The van der Waals surface area contributed by atoms with Gasteiger partial charge in [0.1, 0.15) is 5.75 Å². The number of nitrogens with zero attached hydrogens (tertiary/aromatic N) is 1. The number of fused-ring (bicyclic) bond motifs is 1. The summed E-state index contributed by atoms with van der Waals surface area (Å²) in [5, 5.41) is 18.7. The Kier molecular flexibility index (Phi) is 2.99. The summed E-state index contributed by atoms with van der Waals surface area (Å²) in [4.78, 5) is 15.8. The first-order valence-corrected chi connectivity index (χ1v) is 6.32. The maximum absolute atomic E-state index is 11.4. The zero-order valence-electron chi connectivity index (χ0n) is 10.7. The molecule has 0 radical (unpaired) electrons. The smallest absolute Gasteiger partial charge is 0.333 e. The molecule has 1 heterocycles. The van der Waals surface area contributed by atoms with Crippen LogP contribution < -0.4 is 0 Å². The Morgan fingerprint density at radius 1 is 1.10 bits per heavy atom. The van der Waals surface area contributed by atoms with E-state index in [9.17, 15) is 15.0 Å². The number of aliphatic imine (C=N–C) groups is 1. The Bertz CT molecular complexity index is 689. The first-order valence-electron chi connectivity index (χ1n) is 6.32. The van der Waals surface area contributed by atoms with E-state index < -0.39 is 12.0 Å². The molecule has 0 aromatic heterocycles. The van der Waals surface area contributed by atoms with Crippen LogP contribution in [0.2, 0.25) is 0 Å². The van der Waals surface area contributed by atoms with Gasteiger partial charge < -0.3 is 10.2 Å². The largest absolute Gasteiger partial charge is 0.508 e. The molecule has 2 aromatic rings. The third kappa shape index (κ3) is 2.16. The van der Waals surface area contributed by atoms with Crippen molar-refractivity contribution in [2.75, 3.05) is 0 Å². The van der Waals surface area contributed by atoms with Gasteiger partial charge in [-0.3, -0.25) is 4.99 Å². The molecule has 4 heteroatoms. The van der Waals surface area contributed by atoms with Gasteiger partial charge in [0.25, 0.3) is 0 Å². The fourth-order valence-corrected chi connectivity index (χ4v) is 2.43. The van der Waals surface area contributed by atoms with Crippen molar-refractivity contribution in [1.82, 2.24) is 0 Å². The van der Waals surface area contributed by atoms with Crippen LogP contribution in [0.3, 0.4) is 0 Å². The quantitative estimate of drug-likeness (QED) is 0.878. The molecule has 1 atom stereocenters. The van der Waals surface area contributed by atoms with Crippen LogP contribution in [0, 0.1) is 0 Å². The number of carbonyl (C=O) groups is 1. The topological polar surface area (TPSA) is 69.9 Å². The maximum atomic E-state index is 11.4. The van der Waals surface area contributed by atoms with Crippen molar-refractivity contribution >= 4 is 11.7 Å². The van der Waals surface area contributed by atoms with Crippen molar-refractivity contribution in [1.29, 1.82) is 0 Å². The van der Waals surface area contributed by atoms with Gasteiger partial charge in [0.15, 0.2) is 6.04 Å². The van der Waals surface area contributed by atoms with Gasteiger partial charge in [-0.25, -0.2) is 4.79 Å². The summed E-state index contributed by atoms with van der Waals surface area (Å²) in [5.41, 5.74) is 3.31. The van der Waals surface area contributed by atoms with Gasteiger partial charge in [0, 0.05) is 12.1 Å². The number of carboxylic acids is 1. The molecular weight excluding hydrogens is 254 g/mol. The van der Waals surface area contributed by atoms with Gasteiger partial charge >= 0.3 is 5.97 Å². The van der Waals surface area contributed by atoms with Gasteiger partial charge in [0.2, 0.25) is 0 Å². The molecule has 0 amide bonds. The molecule has 0 spiro atoms. The highest BCUT2D eigenvalue weighted by molar-refractivity contribution is 6.04. The molecule has 0 aliphatic carbocycles. The number of carboxylic acid groups (broad SMARTS) is 1. The molecule has 4 nitrogen and oxygen atoms in total. The Morgan fingerprint density at radius 3 is 2.50 bits per heavy atom. The minimum absolute atomic E-state index is 0.181. The van der Waals surface area contributed by atoms with Gasteiger partial charge in [-0.1, -0.05) is 24.3 Å². The van der Waals surface area contributed by atoms with Crippen molar-refractivity contribution in [2.45, 2.75) is 12.5 Å². The van der Waals surface area contributed by atoms with E-state index in [4.69, 9.17) is 0 Å². The van der Waals surface area contributed by atoms with E-state index in [0.29, 0.717) is 6.42 Å². The van der Waals surface area contributed by atoms with Crippen molar-refractivity contribution in [3.8, 4) is 5.75 Å². The summed E-state index contributed by atoms with van der Waals surface area (Å²) in [7, 11) is 0. The van der Waals surface area contributed by atoms with E-state index in [1.807, 2.05) is 24.3 Å². The fraction of sp³-hybridized carbons (Fsp3) is 0.125. The lowest BCUT2D eigenvalue weighted by Gasteiger charge is -2.21. The number of phenols is 1. The molecule has 2 N–H and O–H groups in total. The molecule has 3 rings (SSSR count). The first kappa shape index (κ1) is 12.4. The second kappa shape index (κ2) is 4.81. The fourth-order valence-electron chi connectivity index (χ4n) is 2.43. The summed E-state index contributed by atoms with van der Waals surface area (Å²) in [5.74, 6) is -0.770. The Balaban J connectivity index is 2.06. The number of rotatable bonds is 2. The third-order valence-corrected chi connectivity index (χ3v) is 3.43. The van der Waals surface area contributed by atoms with E-state index in [2.05, 4.69) is 4.99 Å². The van der Waals surface area contributed by atoms with E-state index in [-0.39, 0.29) is 5.75 Å². The monoisotopic (exact) mass is 267 g/mol. The van der Waals surface area contributed by atoms with E-state index >= 15 is 0 Å². The van der Waals surface area contributed by atoms with E-state index in [1.165, 1.54) is 0 Å². The Labute approximate surface area is 116 Å². The number of phenolic OH excluding ortho intramolecular Hbond substituents is 1. The molecule has 1 aliphatic rings. The van der Waals surface area contributed by atoms with Crippen LogP contribution in [0.5, 0.6) is 5.75 Å². The average Bonchev–Trinajstić information content (AvgIpc) is 2.46. The van der Waals surface area contributed by atoms with Crippen molar-refractivity contribution < 1.29 is 15.0 Å². The first-order chi connectivity index (χ1) is 9.65. The lowest BCUT2D eigenvalue weighted by molar-refractivity contribution is -0.138. The summed E-state index contributed by atoms with van der Waals surface area (Å²) >= 11 is 0. The normalized spacial score (nSPS) is 17.2. The third-order valence-electron chi connectivity index (χ3n) is 3.43. The van der Waals surface area contributed by atoms with Crippen LogP contribution in [0.1, 0.15) is 22.7 Å². The molecule has 20 heavy (non-hydrogen) atoms. The molecule has 1 unspecified atom stereocenters. The summed E-state index contributed by atoms with van der Waals surface area (Å²) in [6.07, 6.45) is 0.602. The molecule has 0 saturated carbocycles. The molecule has 0 saturated heterocycles. The Morgan fingerprint density at radius 2 is 1.80 bits per heavy atom. The van der Waals surface area contributed by atoms with Crippen LogP contribution in [0.15, 0.2) is 53.5 Å². The van der Waals surface area contributed by atoms with Crippen LogP contribution in [-0.2, 0) is 11.2 Å². The molecule has 100 valence electrons. The minimum atomic E-state index is -0.951. The van der Waals surface area contributed by atoms with Crippen molar-refractivity contribution in [2.24, 2.45) is 4.99 Å². The zero-order valence-corrected chi connectivity index (χ0v) is 10.7. The number of aliphatic carboxylic acids is 1. The predicted octanol–water partition coefficient (Wildman–Crippen LogP) is 2.56. The second-order valence-electron chi connectivity index (χ2n) is 4.74. The summed E-state index contributed by atoms with van der Waals surface area (Å²) < 4.78 is 0. The van der Waals surface area contributed by atoms with Gasteiger partial charge in [-0.05, 0) is 41.0 Å². The minimum Gasteiger partial charge on any atom is -0.508 e.